The van der Waals surface area contributed by atoms with E-state index in [2.05, 4.69) is 0 Å². The normalized spacial score (nSPS) is 41.0. The lowest BCUT2D eigenvalue weighted by atomic mass is 9.74. The predicted octanol–water partition coefficient (Wildman–Crippen LogP) is -0.164. The number of hydrogen-bond donors (Lipinski definition) is 3. The molecule has 1 saturated heterocycles. The van der Waals surface area contributed by atoms with Gasteiger partial charge in [-0.2, -0.15) is 0 Å². The smallest absolute Gasteiger partial charge is 0.186 e. The van der Waals surface area contributed by atoms with Crippen LogP contribution in [0.4, 0.5) is 0 Å². The first-order valence-electron chi connectivity index (χ1n) is 6.56. The summed E-state index contributed by atoms with van der Waals surface area (Å²) in [5, 5.41) is 29.4. The van der Waals surface area contributed by atoms with E-state index in [1.165, 1.54) is 14.0 Å². The summed E-state index contributed by atoms with van der Waals surface area (Å²) >= 11 is 0. The van der Waals surface area contributed by atoms with Crippen molar-refractivity contribution in [3.8, 4) is 0 Å². The Kier molecular flexibility index (Phi) is 5.46. The van der Waals surface area contributed by atoms with Crippen molar-refractivity contribution in [3.63, 3.8) is 0 Å². The standard InChI is InChI=1S/C13H24O6/c1-5-8-10(16)11(17)12(18-4)19-13(8,3)9(15)6-7(2)14/h7-8,10-12,14,16-17H,5-6H2,1-4H3. The van der Waals surface area contributed by atoms with Gasteiger partial charge in [0.05, 0.1) is 12.2 Å². The molecule has 1 heterocycles. The van der Waals surface area contributed by atoms with Gasteiger partial charge in [-0.05, 0) is 20.3 Å². The molecule has 0 aromatic rings. The Morgan fingerprint density at radius 2 is 2.00 bits per heavy atom. The molecular weight excluding hydrogens is 252 g/mol. The molecule has 6 heteroatoms. The Balaban J connectivity index is 3.03. The third-order valence-corrected chi connectivity index (χ3v) is 3.82. The second-order valence-corrected chi connectivity index (χ2v) is 5.30. The zero-order valence-corrected chi connectivity index (χ0v) is 11.9. The van der Waals surface area contributed by atoms with E-state index in [1.54, 1.807) is 6.92 Å². The van der Waals surface area contributed by atoms with Gasteiger partial charge >= 0.3 is 0 Å². The van der Waals surface area contributed by atoms with Crippen LogP contribution in [-0.4, -0.2) is 58.4 Å². The van der Waals surface area contributed by atoms with Crippen molar-refractivity contribution in [3.05, 3.63) is 0 Å². The average molecular weight is 276 g/mol. The van der Waals surface area contributed by atoms with Gasteiger partial charge in [0.25, 0.3) is 0 Å². The van der Waals surface area contributed by atoms with Crippen LogP contribution in [0.25, 0.3) is 0 Å². The van der Waals surface area contributed by atoms with E-state index in [0.29, 0.717) is 6.42 Å². The summed E-state index contributed by atoms with van der Waals surface area (Å²) in [5.41, 5.74) is -1.27. The van der Waals surface area contributed by atoms with E-state index in [1.807, 2.05) is 6.92 Å². The molecule has 1 fully saturated rings. The molecule has 0 radical (unpaired) electrons. The van der Waals surface area contributed by atoms with Gasteiger partial charge in [-0.15, -0.1) is 0 Å². The minimum absolute atomic E-state index is 0.0632. The molecular formula is C13H24O6. The molecule has 0 aliphatic carbocycles. The summed E-state index contributed by atoms with van der Waals surface area (Å²) < 4.78 is 10.5. The molecule has 0 aromatic carbocycles. The van der Waals surface area contributed by atoms with Gasteiger partial charge in [-0.1, -0.05) is 6.92 Å². The van der Waals surface area contributed by atoms with Gasteiger partial charge in [0, 0.05) is 19.4 Å². The minimum Gasteiger partial charge on any atom is -0.393 e. The number of ketones is 1. The molecule has 3 N–H and O–H groups in total. The second kappa shape index (κ2) is 6.28. The molecule has 6 atom stereocenters. The van der Waals surface area contributed by atoms with Crippen molar-refractivity contribution in [2.24, 2.45) is 5.92 Å². The highest BCUT2D eigenvalue weighted by molar-refractivity contribution is 5.88. The topological polar surface area (TPSA) is 96.2 Å². The lowest BCUT2D eigenvalue weighted by Crippen LogP contribution is -2.63. The number of methoxy groups -OCH3 is 1. The molecule has 1 rings (SSSR count). The molecule has 6 nitrogen and oxygen atoms in total. The van der Waals surface area contributed by atoms with Crippen LogP contribution in [0, 0.1) is 5.92 Å². The minimum atomic E-state index is -1.27. The largest absolute Gasteiger partial charge is 0.393 e. The Bertz CT molecular complexity index is 318. The van der Waals surface area contributed by atoms with Crippen LogP contribution in [-0.2, 0) is 14.3 Å². The summed E-state index contributed by atoms with van der Waals surface area (Å²) in [6, 6.07) is 0. The van der Waals surface area contributed by atoms with E-state index < -0.39 is 36.1 Å². The third-order valence-electron chi connectivity index (χ3n) is 3.82. The summed E-state index contributed by atoms with van der Waals surface area (Å²) in [5.74, 6) is -0.845. The van der Waals surface area contributed by atoms with Crippen LogP contribution in [0.2, 0.25) is 0 Å². The summed E-state index contributed by atoms with van der Waals surface area (Å²) in [6.07, 6.45) is -3.73. The molecule has 1 aliphatic rings. The molecule has 0 saturated carbocycles. The van der Waals surface area contributed by atoms with Crippen LogP contribution in [0.15, 0.2) is 0 Å². The van der Waals surface area contributed by atoms with Crippen LogP contribution in [0.3, 0.4) is 0 Å². The van der Waals surface area contributed by atoms with Gasteiger partial charge in [0.1, 0.15) is 11.7 Å². The Labute approximate surface area is 113 Å². The van der Waals surface area contributed by atoms with Gasteiger partial charge in [0.2, 0.25) is 0 Å². The zero-order valence-electron chi connectivity index (χ0n) is 11.9. The molecule has 0 bridgehead atoms. The summed E-state index contributed by atoms with van der Waals surface area (Å²) in [7, 11) is 1.34. The maximum absolute atomic E-state index is 12.3. The van der Waals surface area contributed by atoms with Crippen LogP contribution in [0.5, 0.6) is 0 Å². The maximum Gasteiger partial charge on any atom is 0.186 e. The highest BCUT2D eigenvalue weighted by Gasteiger charge is 2.54. The number of rotatable bonds is 5. The lowest BCUT2D eigenvalue weighted by Gasteiger charge is -2.47. The lowest BCUT2D eigenvalue weighted by molar-refractivity contribution is -0.301. The zero-order chi connectivity index (χ0) is 14.8. The van der Waals surface area contributed by atoms with E-state index >= 15 is 0 Å². The van der Waals surface area contributed by atoms with Crippen molar-refractivity contribution in [2.45, 2.75) is 63.8 Å². The second-order valence-electron chi connectivity index (χ2n) is 5.30. The van der Waals surface area contributed by atoms with Gasteiger partial charge in [0.15, 0.2) is 12.1 Å². The number of carbonyl (C=O) groups is 1. The Hall–Kier alpha value is -0.530. The van der Waals surface area contributed by atoms with Gasteiger partial charge < -0.3 is 24.8 Å². The SMILES string of the molecule is CCC1C(O)C(O)C(OC)OC1(C)C(=O)CC(C)O. The Morgan fingerprint density at radius 1 is 1.42 bits per heavy atom. The van der Waals surface area contributed by atoms with Gasteiger partial charge in [-0.3, -0.25) is 4.79 Å². The number of ether oxygens (including phenoxy) is 2. The summed E-state index contributed by atoms with van der Waals surface area (Å²) in [4.78, 5) is 12.3. The number of aliphatic hydroxyl groups excluding tert-OH is 3. The highest BCUT2D eigenvalue weighted by atomic mass is 16.7. The van der Waals surface area contributed by atoms with Crippen molar-refractivity contribution in [1.82, 2.24) is 0 Å². The summed E-state index contributed by atoms with van der Waals surface area (Å²) in [6.45, 7) is 4.90. The van der Waals surface area contributed by atoms with E-state index in [0.717, 1.165) is 0 Å². The monoisotopic (exact) mass is 276 g/mol. The first-order chi connectivity index (χ1) is 8.77. The molecule has 1 aliphatic heterocycles. The van der Waals surface area contributed by atoms with E-state index in [9.17, 15) is 20.1 Å². The van der Waals surface area contributed by atoms with E-state index in [4.69, 9.17) is 9.47 Å². The quantitative estimate of drug-likeness (QED) is 0.645. The molecule has 19 heavy (non-hydrogen) atoms. The average Bonchev–Trinajstić information content (AvgIpc) is 2.33. The van der Waals surface area contributed by atoms with Crippen molar-refractivity contribution in [2.75, 3.05) is 7.11 Å². The third kappa shape index (κ3) is 3.14. The van der Waals surface area contributed by atoms with Crippen molar-refractivity contribution in [1.29, 1.82) is 0 Å². The van der Waals surface area contributed by atoms with Crippen LogP contribution >= 0.6 is 0 Å². The molecule has 112 valence electrons. The van der Waals surface area contributed by atoms with Gasteiger partial charge in [-0.25, -0.2) is 0 Å². The number of carbonyl (C=O) groups excluding carboxylic acids is 1. The fourth-order valence-electron chi connectivity index (χ4n) is 2.69. The highest BCUT2D eigenvalue weighted by Crippen LogP contribution is 2.38. The molecule has 0 aromatic heterocycles. The first kappa shape index (κ1) is 16.5. The maximum atomic E-state index is 12.3. The van der Waals surface area contributed by atoms with Crippen LogP contribution in [0.1, 0.15) is 33.6 Å². The van der Waals surface area contributed by atoms with Crippen LogP contribution < -0.4 is 0 Å². The number of aliphatic hydroxyl groups is 3. The number of Topliss-reactive ketones (excluding diaryl/α,β-unsaturated/α-hetero) is 1. The molecule has 0 spiro atoms. The fourth-order valence-corrected chi connectivity index (χ4v) is 2.69. The first-order valence-corrected chi connectivity index (χ1v) is 6.56. The predicted molar refractivity (Wildman–Crippen MR) is 67.4 cm³/mol. The fraction of sp³-hybridized carbons (Fsp3) is 0.923. The molecule has 0 amide bonds. The van der Waals surface area contributed by atoms with Crippen molar-refractivity contribution < 1.29 is 29.6 Å². The number of hydrogen-bond acceptors (Lipinski definition) is 6. The van der Waals surface area contributed by atoms with E-state index in [-0.39, 0.29) is 12.2 Å². The Morgan fingerprint density at radius 3 is 2.42 bits per heavy atom. The molecule has 6 unspecified atom stereocenters. The van der Waals surface area contributed by atoms with Crippen molar-refractivity contribution >= 4 is 5.78 Å².